The van der Waals surface area contributed by atoms with Crippen LogP contribution in [0.4, 0.5) is 8.78 Å². The molecule has 0 radical (unpaired) electrons. The van der Waals surface area contributed by atoms with Crippen molar-refractivity contribution < 1.29 is 8.78 Å². The summed E-state index contributed by atoms with van der Waals surface area (Å²) in [5.41, 5.74) is 3.98. The zero-order chi connectivity index (χ0) is 18.5. The molecule has 0 saturated heterocycles. The fourth-order valence-electron chi connectivity index (χ4n) is 2.88. The Balaban J connectivity index is 1.68. The molecule has 0 bridgehead atoms. The minimum atomic E-state index is -0.753. The Labute approximate surface area is 157 Å². The molecule has 0 aliphatic heterocycles. The second-order valence-electron chi connectivity index (χ2n) is 6.39. The molecule has 3 heteroatoms. The number of hydrogen-bond donors (Lipinski definition) is 0. The van der Waals surface area contributed by atoms with Gasteiger partial charge in [-0.3, -0.25) is 0 Å². The second-order valence-corrected chi connectivity index (χ2v) is 6.77. The first kappa shape index (κ1) is 18.3. The van der Waals surface area contributed by atoms with Gasteiger partial charge in [0.05, 0.1) is 0 Å². The lowest BCUT2D eigenvalue weighted by Crippen LogP contribution is -1.98. The largest absolute Gasteiger partial charge is 0.205 e. The minimum absolute atomic E-state index is 0.436. The van der Waals surface area contributed by atoms with Gasteiger partial charge in [0.25, 0.3) is 0 Å². The zero-order valence-electron chi connectivity index (χ0n) is 14.4. The Morgan fingerprint density at radius 1 is 0.846 bits per heavy atom. The van der Waals surface area contributed by atoms with Crippen LogP contribution in [-0.4, -0.2) is 0 Å². The van der Waals surface area contributed by atoms with Gasteiger partial charge >= 0.3 is 0 Å². The molecule has 0 N–H and O–H groups in total. The Hall–Kier alpha value is -2.45. The van der Waals surface area contributed by atoms with Crippen LogP contribution in [-0.2, 0) is 6.42 Å². The van der Waals surface area contributed by atoms with Crippen LogP contribution in [0.5, 0.6) is 0 Å². The first-order valence-electron chi connectivity index (χ1n) is 8.49. The quantitative estimate of drug-likeness (QED) is 0.332. The van der Waals surface area contributed by atoms with Crippen LogP contribution in [0.15, 0.2) is 66.7 Å². The molecule has 0 spiro atoms. The van der Waals surface area contributed by atoms with E-state index < -0.39 is 16.7 Å². The number of halogens is 3. The van der Waals surface area contributed by atoms with Gasteiger partial charge in [0.15, 0.2) is 0 Å². The van der Waals surface area contributed by atoms with E-state index in [4.69, 9.17) is 11.6 Å². The molecule has 0 aliphatic carbocycles. The molecule has 26 heavy (non-hydrogen) atoms. The molecule has 0 aliphatic rings. The van der Waals surface area contributed by atoms with E-state index in [-0.39, 0.29) is 0 Å². The van der Waals surface area contributed by atoms with E-state index in [0.29, 0.717) is 11.5 Å². The molecular formula is C23H19ClF2. The number of hydrogen-bond acceptors (Lipinski definition) is 0. The van der Waals surface area contributed by atoms with Gasteiger partial charge in [-0.25, -0.2) is 8.78 Å². The molecule has 0 aromatic heterocycles. The molecule has 1 atom stereocenters. The third kappa shape index (κ3) is 4.59. The monoisotopic (exact) mass is 368 g/mol. The fraction of sp³-hybridized carbons (Fsp3) is 0.130. The smallest absolute Gasteiger partial charge is 0.145 e. The van der Waals surface area contributed by atoms with Crippen molar-refractivity contribution in [3.05, 3.63) is 106 Å². The Morgan fingerprint density at radius 3 is 2.04 bits per heavy atom. The van der Waals surface area contributed by atoms with Crippen molar-refractivity contribution in [3.8, 4) is 0 Å². The van der Waals surface area contributed by atoms with Crippen molar-refractivity contribution in [2.75, 3.05) is 0 Å². The Kier molecular flexibility index (Phi) is 5.85. The molecule has 0 amide bonds. The van der Waals surface area contributed by atoms with E-state index in [2.05, 4.69) is 43.3 Å². The maximum atomic E-state index is 13.5. The molecule has 3 aromatic carbocycles. The van der Waals surface area contributed by atoms with Gasteiger partial charge in [-0.2, -0.15) is 0 Å². The third-order valence-corrected chi connectivity index (χ3v) is 4.73. The van der Waals surface area contributed by atoms with Crippen LogP contribution in [0.2, 0.25) is 5.02 Å². The van der Waals surface area contributed by atoms with Crippen molar-refractivity contribution in [1.82, 2.24) is 0 Å². The van der Waals surface area contributed by atoms with Gasteiger partial charge in [-0.1, -0.05) is 85.3 Å². The lowest BCUT2D eigenvalue weighted by molar-refractivity contribution is 0.583. The van der Waals surface area contributed by atoms with E-state index >= 15 is 0 Å². The Bertz CT molecular complexity index is 876. The van der Waals surface area contributed by atoms with Gasteiger partial charge in [-0.15, -0.1) is 0 Å². The summed E-state index contributed by atoms with van der Waals surface area (Å²) in [5.74, 6) is -1.06. The van der Waals surface area contributed by atoms with Crippen molar-refractivity contribution >= 4 is 23.8 Å². The van der Waals surface area contributed by atoms with E-state index in [0.717, 1.165) is 12.0 Å². The van der Waals surface area contributed by atoms with Crippen molar-refractivity contribution in [1.29, 1.82) is 0 Å². The molecule has 3 aromatic rings. The predicted molar refractivity (Wildman–Crippen MR) is 105 cm³/mol. The lowest BCUT2D eigenvalue weighted by Gasteiger charge is -2.12. The van der Waals surface area contributed by atoms with Crippen LogP contribution >= 0.6 is 11.6 Å². The normalized spacial score (nSPS) is 12.5. The van der Waals surface area contributed by atoms with Gasteiger partial charge in [0.2, 0.25) is 0 Å². The highest BCUT2D eigenvalue weighted by Crippen LogP contribution is 2.23. The van der Waals surface area contributed by atoms with Crippen molar-refractivity contribution in [3.63, 3.8) is 0 Å². The summed E-state index contributed by atoms with van der Waals surface area (Å²) in [6.07, 6.45) is 4.46. The van der Waals surface area contributed by atoms with E-state index in [9.17, 15) is 8.78 Å². The molecule has 0 saturated carbocycles. The summed E-state index contributed by atoms with van der Waals surface area (Å²) >= 11 is 5.50. The van der Waals surface area contributed by atoms with Crippen LogP contribution in [0.25, 0.3) is 12.2 Å². The average Bonchev–Trinajstić information content (AvgIpc) is 2.66. The summed E-state index contributed by atoms with van der Waals surface area (Å²) in [5, 5.41) is -0.473. The third-order valence-electron chi connectivity index (χ3n) is 4.36. The topological polar surface area (TPSA) is 0 Å². The van der Waals surface area contributed by atoms with Crippen LogP contribution in [0, 0.1) is 11.6 Å². The highest BCUT2D eigenvalue weighted by molar-refractivity contribution is 6.30. The fourth-order valence-corrected chi connectivity index (χ4v) is 2.99. The number of benzene rings is 3. The SMILES string of the molecule is C[C@@H](Cc1ccc(C=Cc2cc(F)c(Cl)c(F)c2)cc1)c1ccccc1. The summed E-state index contributed by atoms with van der Waals surface area (Å²) in [4.78, 5) is 0. The standard InChI is InChI=1S/C23H19ClF2/c1-16(20-5-3-2-4-6-20)13-18-10-7-17(8-11-18)9-12-19-14-21(25)23(24)22(26)15-19/h2-12,14-16H,13H2,1H3/t16-/m0/s1. The van der Waals surface area contributed by atoms with Gasteiger partial charge < -0.3 is 0 Å². The highest BCUT2D eigenvalue weighted by Gasteiger charge is 2.07. The summed E-state index contributed by atoms with van der Waals surface area (Å²) in [6, 6.07) is 21.1. The Morgan fingerprint density at radius 2 is 1.42 bits per heavy atom. The van der Waals surface area contributed by atoms with Crippen LogP contribution in [0.3, 0.4) is 0 Å². The van der Waals surface area contributed by atoms with E-state index in [1.807, 2.05) is 24.3 Å². The maximum Gasteiger partial charge on any atom is 0.145 e. The zero-order valence-corrected chi connectivity index (χ0v) is 15.2. The van der Waals surface area contributed by atoms with Gasteiger partial charge in [-0.05, 0) is 46.7 Å². The first-order valence-corrected chi connectivity index (χ1v) is 8.87. The molecular weight excluding hydrogens is 350 g/mol. The van der Waals surface area contributed by atoms with Crippen LogP contribution in [0.1, 0.15) is 35.1 Å². The molecule has 132 valence electrons. The predicted octanol–water partition coefficient (Wildman–Crippen LogP) is 7.13. The van der Waals surface area contributed by atoms with Crippen molar-refractivity contribution in [2.45, 2.75) is 19.3 Å². The van der Waals surface area contributed by atoms with Crippen LogP contribution < -0.4 is 0 Å². The van der Waals surface area contributed by atoms with Crippen molar-refractivity contribution in [2.24, 2.45) is 0 Å². The summed E-state index contributed by atoms with van der Waals surface area (Å²) in [6.45, 7) is 2.22. The van der Waals surface area contributed by atoms with Gasteiger partial charge in [0, 0.05) is 0 Å². The molecule has 3 rings (SSSR count). The van der Waals surface area contributed by atoms with Gasteiger partial charge in [0.1, 0.15) is 16.7 Å². The average molecular weight is 369 g/mol. The molecule has 0 heterocycles. The van der Waals surface area contributed by atoms with E-state index in [1.54, 1.807) is 6.08 Å². The molecule has 0 fully saturated rings. The maximum absolute atomic E-state index is 13.5. The molecule has 0 unspecified atom stereocenters. The first-order chi connectivity index (χ1) is 12.5. The minimum Gasteiger partial charge on any atom is -0.205 e. The number of rotatable bonds is 5. The highest BCUT2D eigenvalue weighted by atomic mass is 35.5. The van der Waals surface area contributed by atoms with E-state index in [1.165, 1.54) is 23.3 Å². The summed E-state index contributed by atoms with van der Waals surface area (Å²) < 4.78 is 26.9. The second kappa shape index (κ2) is 8.29. The molecule has 0 nitrogen and oxygen atoms in total. The summed E-state index contributed by atoms with van der Waals surface area (Å²) in [7, 11) is 0. The lowest BCUT2D eigenvalue weighted by atomic mass is 9.93.